The van der Waals surface area contributed by atoms with Crippen molar-refractivity contribution in [3.05, 3.63) is 0 Å². The molecule has 4 nitrogen and oxygen atoms in total. The molecule has 0 radical (unpaired) electrons. The van der Waals surface area contributed by atoms with Crippen LogP contribution in [0.1, 0.15) is 52.9 Å². The van der Waals surface area contributed by atoms with Crippen molar-refractivity contribution in [2.75, 3.05) is 39.4 Å². The first-order valence-electron chi connectivity index (χ1n) is 8.39. The standard InChI is InChI=1S/C16H34N2O2/c1-4-9-17-16(6-3,14-19)8-7-10-18-11-12-20-15(5-2)13-18/h15,17,19H,4-14H2,1-3H3. The van der Waals surface area contributed by atoms with Crippen LogP contribution in [0, 0.1) is 0 Å². The van der Waals surface area contributed by atoms with E-state index in [-0.39, 0.29) is 12.1 Å². The van der Waals surface area contributed by atoms with Gasteiger partial charge in [0.25, 0.3) is 0 Å². The van der Waals surface area contributed by atoms with Crippen LogP contribution >= 0.6 is 0 Å². The van der Waals surface area contributed by atoms with Gasteiger partial charge in [-0.15, -0.1) is 0 Å². The van der Waals surface area contributed by atoms with Crippen molar-refractivity contribution in [3.8, 4) is 0 Å². The van der Waals surface area contributed by atoms with Crippen LogP contribution in [-0.2, 0) is 4.74 Å². The number of aliphatic hydroxyl groups is 1. The molecule has 0 saturated carbocycles. The average molecular weight is 286 g/mol. The Kier molecular flexibility index (Phi) is 8.69. The molecule has 2 unspecified atom stereocenters. The van der Waals surface area contributed by atoms with E-state index < -0.39 is 0 Å². The maximum atomic E-state index is 9.72. The molecule has 120 valence electrons. The second-order valence-corrected chi connectivity index (χ2v) is 6.02. The third-order valence-electron chi connectivity index (χ3n) is 4.54. The van der Waals surface area contributed by atoms with Gasteiger partial charge in [0.2, 0.25) is 0 Å². The normalized spacial score (nSPS) is 23.7. The predicted octanol–water partition coefficient (Wildman–Crippen LogP) is 2.02. The predicted molar refractivity (Wildman–Crippen MR) is 84.1 cm³/mol. The Morgan fingerprint density at radius 3 is 2.75 bits per heavy atom. The number of hydrogen-bond donors (Lipinski definition) is 2. The summed E-state index contributed by atoms with van der Waals surface area (Å²) in [6.45, 7) is 11.9. The molecule has 1 aliphatic heterocycles. The molecule has 0 aromatic heterocycles. The fourth-order valence-electron chi connectivity index (χ4n) is 2.90. The summed E-state index contributed by atoms with van der Waals surface area (Å²) in [5, 5.41) is 13.3. The highest BCUT2D eigenvalue weighted by molar-refractivity contribution is 4.86. The summed E-state index contributed by atoms with van der Waals surface area (Å²) in [6, 6.07) is 0. The number of nitrogens with zero attached hydrogens (tertiary/aromatic N) is 1. The largest absolute Gasteiger partial charge is 0.394 e. The maximum absolute atomic E-state index is 9.72. The first kappa shape index (κ1) is 17.9. The van der Waals surface area contributed by atoms with E-state index in [0.29, 0.717) is 6.10 Å². The van der Waals surface area contributed by atoms with Gasteiger partial charge in [0.15, 0.2) is 0 Å². The molecular weight excluding hydrogens is 252 g/mol. The first-order valence-corrected chi connectivity index (χ1v) is 8.39. The zero-order valence-electron chi connectivity index (χ0n) is 13.7. The average Bonchev–Trinajstić information content (AvgIpc) is 2.51. The second-order valence-electron chi connectivity index (χ2n) is 6.02. The maximum Gasteiger partial charge on any atom is 0.0700 e. The molecular formula is C16H34N2O2. The van der Waals surface area contributed by atoms with Gasteiger partial charge in [0.05, 0.1) is 19.3 Å². The lowest BCUT2D eigenvalue weighted by Gasteiger charge is -2.35. The molecule has 1 saturated heterocycles. The van der Waals surface area contributed by atoms with Gasteiger partial charge in [0, 0.05) is 18.6 Å². The van der Waals surface area contributed by atoms with Crippen LogP contribution in [-0.4, -0.2) is 61.0 Å². The van der Waals surface area contributed by atoms with E-state index >= 15 is 0 Å². The van der Waals surface area contributed by atoms with Crippen molar-refractivity contribution >= 4 is 0 Å². The molecule has 1 aliphatic rings. The van der Waals surface area contributed by atoms with Crippen LogP contribution in [0.25, 0.3) is 0 Å². The van der Waals surface area contributed by atoms with E-state index in [1.807, 2.05) is 0 Å². The van der Waals surface area contributed by atoms with Crippen molar-refractivity contribution in [3.63, 3.8) is 0 Å². The van der Waals surface area contributed by atoms with Gasteiger partial charge >= 0.3 is 0 Å². The van der Waals surface area contributed by atoms with Gasteiger partial charge in [-0.05, 0) is 45.2 Å². The molecule has 0 aromatic carbocycles. The van der Waals surface area contributed by atoms with E-state index in [1.165, 1.54) is 0 Å². The fourth-order valence-corrected chi connectivity index (χ4v) is 2.90. The molecule has 0 aromatic rings. The molecule has 2 atom stereocenters. The highest BCUT2D eigenvalue weighted by Gasteiger charge is 2.26. The summed E-state index contributed by atoms with van der Waals surface area (Å²) in [5.74, 6) is 0. The van der Waals surface area contributed by atoms with E-state index in [4.69, 9.17) is 4.74 Å². The Labute approximate surface area is 124 Å². The molecule has 4 heteroatoms. The van der Waals surface area contributed by atoms with Crippen molar-refractivity contribution in [2.24, 2.45) is 0 Å². The lowest BCUT2D eigenvalue weighted by Crippen LogP contribution is -2.49. The lowest BCUT2D eigenvalue weighted by atomic mass is 9.91. The van der Waals surface area contributed by atoms with E-state index in [1.54, 1.807) is 0 Å². The van der Waals surface area contributed by atoms with E-state index in [0.717, 1.165) is 64.9 Å². The zero-order valence-corrected chi connectivity index (χ0v) is 13.7. The van der Waals surface area contributed by atoms with Crippen molar-refractivity contribution in [2.45, 2.75) is 64.5 Å². The Morgan fingerprint density at radius 2 is 2.15 bits per heavy atom. The Hall–Kier alpha value is -0.160. The minimum absolute atomic E-state index is 0.0769. The number of aliphatic hydroxyl groups excluding tert-OH is 1. The number of hydrogen-bond acceptors (Lipinski definition) is 4. The molecule has 20 heavy (non-hydrogen) atoms. The quantitative estimate of drug-likeness (QED) is 0.645. The molecule has 0 bridgehead atoms. The van der Waals surface area contributed by atoms with Crippen molar-refractivity contribution in [1.82, 2.24) is 10.2 Å². The van der Waals surface area contributed by atoms with Crippen LogP contribution in [0.5, 0.6) is 0 Å². The van der Waals surface area contributed by atoms with E-state index in [2.05, 4.69) is 31.0 Å². The lowest BCUT2D eigenvalue weighted by molar-refractivity contribution is -0.0307. The summed E-state index contributed by atoms with van der Waals surface area (Å²) in [6.07, 6.45) is 5.81. The number of ether oxygens (including phenoxy) is 1. The molecule has 0 aliphatic carbocycles. The van der Waals surface area contributed by atoms with Crippen molar-refractivity contribution in [1.29, 1.82) is 0 Å². The molecule has 0 spiro atoms. The van der Waals surface area contributed by atoms with Crippen LogP contribution in [0.15, 0.2) is 0 Å². The SMILES string of the molecule is CCCNC(CC)(CO)CCCN1CCOC(CC)C1. The topological polar surface area (TPSA) is 44.7 Å². The van der Waals surface area contributed by atoms with E-state index in [9.17, 15) is 5.11 Å². The number of rotatable bonds is 10. The fraction of sp³-hybridized carbons (Fsp3) is 1.00. The summed E-state index contributed by atoms with van der Waals surface area (Å²) in [7, 11) is 0. The number of nitrogens with one attached hydrogen (secondary N) is 1. The monoisotopic (exact) mass is 286 g/mol. The third kappa shape index (κ3) is 5.68. The van der Waals surface area contributed by atoms with Crippen LogP contribution in [0.3, 0.4) is 0 Å². The zero-order chi connectivity index (χ0) is 14.8. The summed E-state index contributed by atoms with van der Waals surface area (Å²) in [4.78, 5) is 2.51. The summed E-state index contributed by atoms with van der Waals surface area (Å²) >= 11 is 0. The number of morpholine rings is 1. The van der Waals surface area contributed by atoms with Crippen LogP contribution in [0.2, 0.25) is 0 Å². The van der Waals surface area contributed by atoms with Gasteiger partial charge in [-0.25, -0.2) is 0 Å². The van der Waals surface area contributed by atoms with Crippen LogP contribution in [0.4, 0.5) is 0 Å². The van der Waals surface area contributed by atoms with Gasteiger partial charge in [-0.3, -0.25) is 4.90 Å². The molecule has 1 fully saturated rings. The second kappa shape index (κ2) is 9.72. The highest BCUT2D eigenvalue weighted by atomic mass is 16.5. The van der Waals surface area contributed by atoms with Crippen molar-refractivity contribution < 1.29 is 9.84 Å². The highest BCUT2D eigenvalue weighted by Crippen LogP contribution is 2.18. The molecule has 1 heterocycles. The Morgan fingerprint density at radius 1 is 1.35 bits per heavy atom. The molecule has 2 N–H and O–H groups in total. The van der Waals surface area contributed by atoms with Gasteiger partial charge in [0.1, 0.15) is 0 Å². The Bertz CT molecular complexity index is 245. The van der Waals surface area contributed by atoms with Gasteiger partial charge < -0.3 is 15.2 Å². The van der Waals surface area contributed by atoms with Crippen LogP contribution < -0.4 is 5.32 Å². The third-order valence-corrected chi connectivity index (χ3v) is 4.54. The molecule has 1 rings (SSSR count). The smallest absolute Gasteiger partial charge is 0.0700 e. The first-order chi connectivity index (χ1) is 9.69. The summed E-state index contributed by atoms with van der Waals surface area (Å²) in [5.41, 5.74) is -0.0769. The van der Waals surface area contributed by atoms with Gasteiger partial charge in [-0.2, -0.15) is 0 Å². The minimum atomic E-state index is -0.0769. The molecule has 0 amide bonds. The Balaban J connectivity index is 2.32. The minimum Gasteiger partial charge on any atom is -0.394 e. The van der Waals surface area contributed by atoms with Gasteiger partial charge in [-0.1, -0.05) is 20.8 Å². The summed E-state index contributed by atoms with van der Waals surface area (Å²) < 4.78 is 5.71.